The molecule has 2 aliphatic carbocycles. The zero-order chi connectivity index (χ0) is 14.5. The van der Waals surface area contributed by atoms with E-state index in [1.165, 1.54) is 7.11 Å². The minimum atomic E-state index is -0.588. The third kappa shape index (κ3) is 2.26. The minimum Gasteiger partial charge on any atom is -0.469 e. The van der Waals surface area contributed by atoms with E-state index in [4.69, 9.17) is 14.2 Å². The summed E-state index contributed by atoms with van der Waals surface area (Å²) in [6, 6.07) is 0. The molecular weight excluding hydrogens is 260 g/mol. The fraction of sp³-hybridized carbons (Fsp3) is 0.933. The highest BCUT2D eigenvalue weighted by Gasteiger charge is 2.59. The van der Waals surface area contributed by atoms with Gasteiger partial charge in [-0.05, 0) is 18.3 Å². The van der Waals surface area contributed by atoms with E-state index in [1.54, 1.807) is 0 Å². The molecule has 1 heterocycles. The smallest absolute Gasteiger partial charge is 0.311 e. The lowest BCUT2D eigenvalue weighted by Crippen LogP contribution is -2.47. The molecule has 0 aromatic carbocycles. The van der Waals surface area contributed by atoms with Crippen LogP contribution < -0.4 is 0 Å². The fourth-order valence-corrected chi connectivity index (χ4v) is 4.02. The van der Waals surface area contributed by atoms with Crippen molar-refractivity contribution in [1.82, 2.24) is 0 Å². The molecule has 1 N–H and O–H groups in total. The van der Waals surface area contributed by atoms with Gasteiger partial charge in [-0.3, -0.25) is 4.79 Å². The van der Waals surface area contributed by atoms with E-state index in [1.807, 2.05) is 0 Å². The van der Waals surface area contributed by atoms with Crippen LogP contribution in [0.1, 0.15) is 33.1 Å². The maximum absolute atomic E-state index is 11.9. The number of carbonyl (C=O) groups excluding carboxylic acids is 1. The molecule has 3 aliphatic rings. The topological polar surface area (TPSA) is 65.0 Å². The Morgan fingerprint density at radius 2 is 1.90 bits per heavy atom. The summed E-state index contributed by atoms with van der Waals surface area (Å²) in [6.07, 6.45) is 1.51. The molecule has 3 fully saturated rings. The van der Waals surface area contributed by atoms with Gasteiger partial charge in [-0.2, -0.15) is 0 Å². The van der Waals surface area contributed by atoms with Crippen LogP contribution in [0, 0.1) is 23.2 Å². The summed E-state index contributed by atoms with van der Waals surface area (Å²) in [5.74, 6) is -0.879. The van der Waals surface area contributed by atoms with Crippen LogP contribution in [0.3, 0.4) is 0 Å². The minimum absolute atomic E-state index is 0.0458. The van der Waals surface area contributed by atoms with Crippen LogP contribution in [0.4, 0.5) is 0 Å². The second-order valence-corrected chi connectivity index (χ2v) is 7.34. The van der Waals surface area contributed by atoms with Gasteiger partial charge in [0.25, 0.3) is 0 Å². The first-order chi connectivity index (χ1) is 9.36. The van der Waals surface area contributed by atoms with E-state index in [0.29, 0.717) is 26.1 Å². The van der Waals surface area contributed by atoms with E-state index < -0.39 is 17.8 Å². The largest absolute Gasteiger partial charge is 0.469 e. The van der Waals surface area contributed by atoms with Crippen LogP contribution in [-0.4, -0.2) is 43.3 Å². The molecule has 0 bridgehead atoms. The first kappa shape index (κ1) is 14.3. The summed E-state index contributed by atoms with van der Waals surface area (Å²) >= 11 is 0. The summed E-state index contributed by atoms with van der Waals surface area (Å²) in [7, 11) is 1.38. The standard InChI is InChI=1S/C15H24O5/c1-14(2)7-19-15(20-8-14)5-9-4-11(16)12(10(9)6-15)13(17)18-3/h9-12,16H,4-8H2,1-3H3/t9-,10+,11?,12-/m1/s1. The predicted molar refractivity (Wildman–Crippen MR) is 70.8 cm³/mol. The number of ether oxygens (including phenoxy) is 3. The van der Waals surface area contributed by atoms with Gasteiger partial charge in [-0.1, -0.05) is 13.8 Å². The third-order valence-electron chi connectivity index (χ3n) is 5.07. The summed E-state index contributed by atoms with van der Waals surface area (Å²) in [5, 5.41) is 10.1. The van der Waals surface area contributed by atoms with Crippen molar-refractivity contribution >= 4 is 5.97 Å². The van der Waals surface area contributed by atoms with E-state index in [2.05, 4.69) is 13.8 Å². The Morgan fingerprint density at radius 1 is 1.25 bits per heavy atom. The molecule has 5 heteroatoms. The highest BCUT2D eigenvalue weighted by atomic mass is 16.7. The Balaban J connectivity index is 1.73. The number of rotatable bonds is 1. The van der Waals surface area contributed by atoms with Crippen molar-refractivity contribution in [3.05, 3.63) is 0 Å². The predicted octanol–water partition coefficient (Wildman–Crippen LogP) is 1.34. The van der Waals surface area contributed by atoms with E-state index in [-0.39, 0.29) is 23.2 Å². The Morgan fingerprint density at radius 3 is 2.50 bits per heavy atom. The zero-order valence-corrected chi connectivity index (χ0v) is 12.4. The van der Waals surface area contributed by atoms with Gasteiger partial charge in [-0.25, -0.2) is 0 Å². The van der Waals surface area contributed by atoms with Gasteiger partial charge in [0.1, 0.15) is 0 Å². The van der Waals surface area contributed by atoms with Crippen LogP contribution in [0.15, 0.2) is 0 Å². The molecule has 0 aromatic rings. The Labute approximate surface area is 119 Å². The molecule has 5 nitrogen and oxygen atoms in total. The highest BCUT2D eigenvalue weighted by molar-refractivity contribution is 5.74. The molecule has 4 atom stereocenters. The molecule has 114 valence electrons. The van der Waals surface area contributed by atoms with Crippen LogP contribution in [0.5, 0.6) is 0 Å². The first-order valence-electron chi connectivity index (χ1n) is 7.40. The van der Waals surface area contributed by atoms with Gasteiger partial charge < -0.3 is 19.3 Å². The summed E-state index contributed by atoms with van der Waals surface area (Å²) in [6.45, 7) is 5.60. The lowest BCUT2D eigenvalue weighted by atomic mass is 9.90. The fourth-order valence-electron chi connectivity index (χ4n) is 4.02. The number of methoxy groups -OCH3 is 1. The van der Waals surface area contributed by atoms with Gasteiger partial charge in [0.15, 0.2) is 5.79 Å². The lowest BCUT2D eigenvalue weighted by Gasteiger charge is -2.42. The van der Waals surface area contributed by atoms with Crippen molar-refractivity contribution in [2.24, 2.45) is 23.2 Å². The molecule has 0 amide bonds. The van der Waals surface area contributed by atoms with Gasteiger partial charge >= 0.3 is 5.97 Å². The molecule has 1 saturated heterocycles. The second kappa shape index (κ2) is 4.68. The van der Waals surface area contributed by atoms with Crippen molar-refractivity contribution in [2.45, 2.75) is 45.0 Å². The zero-order valence-electron chi connectivity index (χ0n) is 12.4. The van der Waals surface area contributed by atoms with Crippen LogP contribution in [0.2, 0.25) is 0 Å². The Hall–Kier alpha value is -0.650. The third-order valence-corrected chi connectivity index (χ3v) is 5.07. The molecule has 1 unspecified atom stereocenters. The van der Waals surface area contributed by atoms with E-state index in [0.717, 1.165) is 6.42 Å². The molecule has 0 aromatic heterocycles. The number of fused-ring (bicyclic) bond motifs is 1. The number of hydrogen-bond donors (Lipinski definition) is 1. The van der Waals surface area contributed by atoms with Crippen molar-refractivity contribution in [1.29, 1.82) is 0 Å². The molecular formula is C15H24O5. The molecule has 20 heavy (non-hydrogen) atoms. The number of aliphatic hydroxyl groups is 1. The molecule has 3 rings (SSSR count). The number of aliphatic hydroxyl groups excluding tert-OH is 1. The van der Waals surface area contributed by atoms with Crippen LogP contribution in [-0.2, 0) is 19.0 Å². The SMILES string of the molecule is COC(=O)[C@H]1C(O)C[C@@H]2CC3(C[C@@H]21)OCC(C)(C)CO3. The normalized spacial score (nSPS) is 41.6. The summed E-state index contributed by atoms with van der Waals surface area (Å²) in [5.41, 5.74) is 0.0458. The van der Waals surface area contributed by atoms with Gasteiger partial charge in [0.05, 0.1) is 32.3 Å². The summed E-state index contributed by atoms with van der Waals surface area (Å²) < 4.78 is 16.9. The maximum atomic E-state index is 11.9. The average Bonchev–Trinajstić information content (AvgIpc) is 2.86. The van der Waals surface area contributed by atoms with E-state index >= 15 is 0 Å². The monoisotopic (exact) mass is 284 g/mol. The van der Waals surface area contributed by atoms with E-state index in [9.17, 15) is 9.90 Å². The van der Waals surface area contributed by atoms with Gasteiger partial charge in [0, 0.05) is 18.3 Å². The number of hydrogen-bond acceptors (Lipinski definition) is 5. The Bertz CT molecular complexity index is 395. The van der Waals surface area contributed by atoms with Crippen molar-refractivity contribution in [2.75, 3.05) is 20.3 Å². The lowest BCUT2D eigenvalue weighted by molar-refractivity contribution is -0.298. The average molecular weight is 284 g/mol. The van der Waals surface area contributed by atoms with Crippen LogP contribution in [0.25, 0.3) is 0 Å². The number of carbonyl (C=O) groups is 1. The highest BCUT2D eigenvalue weighted by Crippen LogP contribution is 2.55. The van der Waals surface area contributed by atoms with Gasteiger partial charge in [0.2, 0.25) is 0 Å². The summed E-state index contributed by atoms with van der Waals surface area (Å²) in [4.78, 5) is 11.9. The molecule has 1 aliphatic heterocycles. The molecule has 0 radical (unpaired) electrons. The molecule has 1 spiro atoms. The Kier molecular flexibility index (Phi) is 3.35. The van der Waals surface area contributed by atoms with Crippen LogP contribution >= 0.6 is 0 Å². The maximum Gasteiger partial charge on any atom is 0.311 e. The van der Waals surface area contributed by atoms with Crippen molar-refractivity contribution < 1.29 is 24.1 Å². The van der Waals surface area contributed by atoms with Gasteiger partial charge in [-0.15, -0.1) is 0 Å². The quantitative estimate of drug-likeness (QED) is 0.736. The number of esters is 1. The first-order valence-corrected chi connectivity index (χ1v) is 7.40. The van der Waals surface area contributed by atoms with Crippen molar-refractivity contribution in [3.8, 4) is 0 Å². The van der Waals surface area contributed by atoms with Crippen molar-refractivity contribution in [3.63, 3.8) is 0 Å². The molecule has 2 saturated carbocycles. The second-order valence-electron chi connectivity index (χ2n) is 7.34.